The van der Waals surface area contributed by atoms with Crippen LogP contribution in [0, 0.1) is 17.8 Å². The normalized spacial score (nSPS) is 23.4. The fourth-order valence-electron chi connectivity index (χ4n) is 4.07. The minimum atomic E-state index is -0.568. The Labute approximate surface area is 151 Å². The molecule has 5 rings (SSSR count). The van der Waals surface area contributed by atoms with Crippen molar-refractivity contribution in [3.05, 3.63) is 45.5 Å². The van der Waals surface area contributed by atoms with E-state index in [1.54, 1.807) is 23.0 Å². The molecule has 0 bridgehead atoms. The number of ether oxygens (including phenoxy) is 1. The van der Waals surface area contributed by atoms with E-state index in [-0.39, 0.29) is 29.3 Å². The number of anilines is 1. The van der Waals surface area contributed by atoms with Gasteiger partial charge in [-0.15, -0.1) is 0 Å². The molecule has 3 aromatic rings. The van der Waals surface area contributed by atoms with Crippen LogP contribution in [0.5, 0.6) is 0 Å². The lowest BCUT2D eigenvalue weighted by molar-refractivity contribution is -0.142. The number of carbonyl (C=O) groups excluding carboxylic acids is 1. The molecule has 1 saturated heterocycles. The first-order valence-electron chi connectivity index (χ1n) is 8.56. The molecule has 1 unspecified atom stereocenters. The van der Waals surface area contributed by atoms with Gasteiger partial charge < -0.3 is 14.6 Å². The molecule has 3 atom stereocenters. The minimum absolute atomic E-state index is 0.0228. The first-order chi connectivity index (χ1) is 13.1. The van der Waals surface area contributed by atoms with E-state index in [2.05, 4.69) is 25.0 Å². The number of esters is 1. The molecular weight excluding hydrogens is 352 g/mol. The second-order valence-electron chi connectivity index (χ2n) is 6.88. The zero-order valence-corrected chi connectivity index (χ0v) is 14.4. The number of nitrogens with zero attached hydrogens (tertiary/aromatic N) is 4. The summed E-state index contributed by atoms with van der Waals surface area (Å²) in [6, 6.07) is 1.79. The van der Waals surface area contributed by atoms with Crippen LogP contribution in [0.2, 0.25) is 0 Å². The van der Waals surface area contributed by atoms with Crippen LogP contribution in [0.3, 0.4) is 0 Å². The molecule has 0 spiro atoms. The highest BCUT2D eigenvalue weighted by molar-refractivity contribution is 5.79. The molecule has 138 valence electrons. The number of piperidine rings is 1. The van der Waals surface area contributed by atoms with E-state index in [9.17, 15) is 14.4 Å². The molecule has 1 saturated carbocycles. The molecule has 0 amide bonds. The molecule has 3 aromatic heterocycles. The third-order valence-electron chi connectivity index (χ3n) is 5.44. The Hall–Kier alpha value is -3.43. The highest BCUT2D eigenvalue weighted by Crippen LogP contribution is 2.53. The molecule has 10 heteroatoms. The van der Waals surface area contributed by atoms with Gasteiger partial charge >= 0.3 is 11.7 Å². The molecule has 2 N–H and O–H groups in total. The number of aromatic nitrogens is 5. The minimum Gasteiger partial charge on any atom is -0.469 e. The third kappa shape index (κ3) is 2.36. The second kappa shape index (κ2) is 5.53. The average molecular weight is 368 g/mol. The van der Waals surface area contributed by atoms with E-state index in [4.69, 9.17) is 4.74 Å². The summed E-state index contributed by atoms with van der Waals surface area (Å²) >= 11 is 0. The van der Waals surface area contributed by atoms with Gasteiger partial charge in [-0.05, 0) is 17.9 Å². The van der Waals surface area contributed by atoms with Crippen LogP contribution in [0.1, 0.15) is 0 Å². The Morgan fingerprint density at radius 3 is 2.78 bits per heavy atom. The fraction of sp³-hybridized carbons (Fsp3) is 0.353. The van der Waals surface area contributed by atoms with Crippen molar-refractivity contribution in [2.45, 2.75) is 0 Å². The first-order valence-corrected chi connectivity index (χ1v) is 8.56. The standard InChI is InChI=1S/C17H16N6O4/c1-27-16(25)13-9-6-22(7-10(9)13)12-4-11(21-23-3-2-18-14(12)23)8-5-19-17(26)20-15(8)24/h2-5,9-10,13H,6-7H2,1H3,(H2,19,20,24,26)/t9-,10+,13?. The van der Waals surface area contributed by atoms with E-state index < -0.39 is 11.2 Å². The zero-order valence-electron chi connectivity index (χ0n) is 14.4. The Morgan fingerprint density at radius 2 is 2.07 bits per heavy atom. The van der Waals surface area contributed by atoms with Gasteiger partial charge in [0.2, 0.25) is 0 Å². The summed E-state index contributed by atoms with van der Waals surface area (Å²) in [4.78, 5) is 46.4. The maximum atomic E-state index is 12.2. The molecule has 2 fully saturated rings. The molecule has 10 nitrogen and oxygen atoms in total. The van der Waals surface area contributed by atoms with Crippen LogP contribution in [-0.4, -0.2) is 50.7 Å². The van der Waals surface area contributed by atoms with E-state index >= 15 is 0 Å². The summed E-state index contributed by atoms with van der Waals surface area (Å²) in [7, 11) is 1.42. The van der Waals surface area contributed by atoms with Gasteiger partial charge in [-0.3, -0.25) is 14.6 Å². The molecule has 1 aliphatic heterocycles. The van der Waals surface area contributed by atoms with Crippen molar-refractivity contribution < 1.29 is 9.53 Å². The SMILES string of the molecule is COC(=O)C1[C@H]2CN(c3cc(-c4c[nH]c(=O)[nH]c4=O)nn4ccnc34)C[C@@H]12. The lowest BCUT2D eigenvalue weighted by Gasteiger charge is -2.22. The Kier molecular flexibility index (Phi) is 3.24. The number of H-pyrrole nitrogens is 2. The van der Waals surface area contributed by atoms with Crippen molar-refractivity contribution >= 4 is 17.3 Å². The average Bonchev–Trinajstić information content (AvgIpc) is 3.02. The predicted molar refractivity (Wildman–Crippen MR) is 94.4 cm³/mol. The van der Waals surface area contributed by atoms with Gasteiger partial charge in [0, 0.05) is 31.7 Å². The van der Waals surface area contributed by atoms with Gasteiger partial charge in [0.1, 0.15) is 5.69 Å². The summed E-state index contributed by atoms with van der Waals surface area (Å²) in [5.41, 5.74) is 1.14. The molecule has 0 aromatic carbocycles. The maximum absolute atomic E-state index is 12.2. The predicted octanol–water partition coefficient (Wildman–Crippen LogP) is -0.372. The fourth-order valence-corrected chi connectivity index (χ4v) is 4.07. The number of fused-ring (bicyclic) bond motifs is 2. The number of imidazole rings is 1. The van der Waals surface area contributed by atoms with Crippen molar-refractivity contribution in [3.8, 4) is 11.3 Å². The van der Waals surface area contributed by atoms with Gasteiger partial charge in [0.25, 0.3) is 5.56 Å². The summed E-state index contributed by atoms with van der Waals surface area (Å²) in [5, 5.41) is 4.43. The third-order valence-corrected chi connectivity index (χ3v) is 5.44. The highest BCUT2D eigenvalue weighted by atomic mass is 16.5. The Balaban J connectivity index is 1.54. The summed E-state index contributed by atoms with van der Waals surface area (Å²) in [6.45, 7) is 1.44. The number of rotatable bonds is 3. The molecular formula is C17H16N6O4. The van der Waals surface area contributed by atoms with Crippen LogP contribution < -0.4 is 16.1 Å². The molecule has 0 radical (unpaired) electrons. The molecule has 2 aliphatic rings. The van der Waals surface area contributed by atoms with Crippen molar-refractivity contribution in [2.24, 2.45) is 17.8 Å². The van der Waals surface area contributed by atoms with Gasteiger partial charge in [-0.2, -0.15) is 5.10 Å². The largest absolute Gasteiger partial charge is 0.469 e. The van der Waals surface area contributed by atoms with Gasteiger partial charge in [-0.1, -0.05) is 0 Å². The monoisotopic (exact) mass is 368 g/mol. The van der Waals surface area contributed by atoms with E-state index in [0.29, 0.717) is 11.3 Å². The number of methoxy groups -OCH3 is 1. The number of aromatic amines is 2. The highest BCUT2D eigenvalue weighted by Gasteiger charge is 2.60. The second-order valence-corrected chi connectivity index (χ2v) is 6.88. The summed E-state index contributed by atoms with van der Waals surface area (Å²) < 4.78 is 6.47. The quantitative estimate of drug-likeness (QED) is 0.604. The molecule has 1 aliphatic carbocycles. The zero-order chi connectivity index (χ0) is 18.7. The van der Waals surface area contributed by atoms with Crippen molar-refractivity contribution in [2.75, 3.05) is 25.1 Å². The van der Waals surface area contributed by atoms with Crippen LogP contribution in [0.25, 0.3) is 16.9 Å². The first kappa shape index (κ1) is 15.8. The van der Waals surface area contributed by atoms with Crippen LogP contribution >= 0.6 is 0 Å². The topological polar surface area (TPSA) is 125 Å². The van der Waals surface area contributed by atoms with Crippen molar-refractivity contribution in [1.82, 2.24) is 24.6 Å². The van der Waals surface area contributed by atoms with Gasteiger partial charge in [0.15, 0.2) is 5.65 Å². The van der Waals surface area contributed by atoms with E-state index in [1.165, 1.54) is 13.3 Å². The van der Waals surface area contributed by atoms with Crippen LogP contribution in [0.15, 0.2) is 34.2 Å². The van der Waals surface area contributed by atoms with Gasteiger partial charge in [0.05, 0.1) is 24.3 Å². The lowest BCUT2D eigenvalue weighted by Crippen LogP contribution is -2.27. The van der Waals surface area contributed by atoms with Crippen molar-refractivity contribution in [1.29, 1.82) is 0 Å². The van der Waals surface area contributed by atoms with Crippen LogP contribution in [0.4, 0.5) is 5.69 Å². The van der Waals surface area contributed by atoms with E-state index in [1.807, 2.05) is 0 Å². The lowest BCUT2D eigenvalue weighted by atomic mass is 10.2. The molecule has 4 heterocycles. The Bertz CT molecular complexity index is 1170. The van der Waals surface area contributed by atoms with Crippen molar-refractivity contribution in [3.63, 3.8) is 0 Å². The Morgan fingerprint density at radius 1 is 1.30 bits per heavy atom. The number of carbonyl (C=O) groups is 1. The van der Waals surface area contributed by atoms with Crippen LogP contribution in [-0.2, 0) is 9.53 Å². The summed E-state index contributed by atoms with van der Waals surface area (Å²) in [6.07, 6.45) is 4.70. The summed E-state index contributed by atoms with van der Waals surface area (Å²) in [5.74, 6) is 0.386. The van der Waals surface area contributed by atoms with Gasteiger partial charge in [-0.25, -0.2) is 14.3 Å². The number of hydrogen-bond acceptors (Lipinski definition) is 7. The maximum Gasteiger partial charge on any atom is 0.325 e. The van der Waals surface area contributed by atoms with E-state index in [0.717, 1.165) is 18.8 Å². The number of hydrogen-bond donors (Lipinski definition) is 2. The number of nitrogens with one attached hydrogen (secondary N) is 2. The smallest absolute Gasteiger partial charge is 0.325 e. The molecule has 27 heavy (non-hydrogen) atoms.